The van der Waals surface area contributed by atoms with Gasteiger partial charge in [0.25, 0.3) is 0 Å². The molecule has 1 aliphatic heterocycles. The minimum Gasteiger partial charge on any atom is -0.305 e. The van der Waals surface area contributed by atoms with Gasteiger partial charge in [-0.05, 0) is 64.0 Å². The van der Waals surface area contributed by atoms with E-state index in [1.165, 1.54) is 0 Å². The highest BCUT2D eigenvalue weighted by Crippen LogP contribution is 2.19. The fourth-order valence-electron chi connectivity index (χ4n) is 3.16. The van der Waals surface area contributed by atoms with Crippen LogP contribution >= 0.6 is 0 Å². The van der Waals surface area contributed by atoms with E-state index in [0.717, 1.165) is 42.8 Å². The molecule has 1 aliphatic rings. The van der Waals surface area contributed by atoms with E-state index in [-0.39, 0.29) is 0 Å². The van der Waals surface area contributed by atoms with Crippen LogP contribution in [-0.2, 0) is 23.0 Å². The molecule has 0 aliphatic carbocycles. The molecule has 5 nitrogen and oxygen atoms in total. The molecule has 1 aromatic carbocycles. The van der Waals surface area contributed by atoms with Crippen molar-refractivity contribution in [2.75, 3.05) is 26.7 Å². The normalized spacial score (nSPS) is 18.1. The van der Waals surface area contributed by atoms with Crippen molar-refractivity contribution in [3.8, 4) is 0 Å². The highest BCUT2D eigenvalue weighted by atomic mass is 32.2. The van der Waals surface area contributed by atoms with Gasteiger partial charge in [0.2, 0.25) is 10.0 Å². The van der Waals surface area contributed by atoms with E-state index in [4.69, 9.17) is 0 Å². The Hall–Kier alpha value is -1.76. The van der Waals surface area contributed by atoms with Crippen LogP contribution in [0.2, 0.25) is 0 Å². The monoisotopic (exact) mass is 373 g/mol. The Morgan fingerprint density at radius 2 is 1.65 bits per heavy atom. The van der Waals surface area contributed by atoms with Crippen LogP contribution < -0.4 is 0 Å². The summed E-state index contributed by atoms with van der Waals surface area (Å²) in [6, 6.07) is 13.0. The maximum atomic E-state index is 13.2. The lowest BCUT2D eigenvalue weighted by Gasteiger charge is -2.26. The van der Waals surface area contributed by atoms with Gasteiger partial charge < -0.3 is 4.90 Å². The summed E-state index contributed by atoms with van der Waals surface area (Å²) >= 11 is 0. The molecular weight excluding hydrogens is 346 g/mol. The fourth-order valence-corrected chi connectivity index (χ4v) is 4.57. The molecule has 0 unspecified atom stereocenters. The van der Waals surface area contributed by atoms with E-state index in [2.05, 4.69) is 16.9 Å². The predicted octanol–water partition coefficient (Wildman–Crippen LogP) is 2.85. The van der Waals surface area contributed by atoms with Crippen molar-refractivity contribution in [1.29, 1.82) is 0 Å². The van der Waals surface area contributed by atoms with E-state index < -0.39 is 10.0 Å². The number of nitrogens with zero attached hydrogens (tertiary/aromatic N) is 3. The van der Waals surface area contributed by atoms with Crippen LogP contribution in [-0.4, -0.2) is 49.3 Å². The highest BCUT2D eigenvalue weighted by Gasteiger charge is 2.25. The van der Waals surface area contributed by atoms with Gasteiger partial charge in [0.05, 0.1) is 17.1 Å². The highest BCUT2D eigenvalue weighted by molar-refractivity contribution is 7.89. The Morgan fingerprint density at radius 1 is 0.923 bits per heavy atom. The van der Waals surface area contributed by atoms with Gasteiger partial charge in [-0.1, -0.05) is 23.8 Å². The Kier molecular flexibility index (Phi) is 6.06. The van der Waals surface area contributed by atoms with Gasteiger partial charge in [-0.3, -0.25) is 4.98 Å². The van der Waals surface area contributed by atoms with Gasteiger partial charge in [-0.25, -0.2) is 8.42 Å². The van der Waals surface area contributed by atoms with E-state index in [0.29, 0.717) is 24.5 Å². The number of rotatable bonds is 2. The number of pyridine rings is 1. The third kappa shape index (κ3) is 4.69. The standard InChI is InChI=1S/C20H27N3O2S/c1-17-9-11-20(12-10-17)26(24,25)23-15-14-22(2)13-4-3-6-18-7-5-8-19(16-23)21-18/h5,7-12H,3-4,6,13-16H2,1-2H3. The first-order valence-electron chi connectivity index (χ1n) is 9.15. The van der Waals surface area contributed by atoms with Gasteiger partial charge >= 0.3 is 0 Å². The van der Waals surface area contributed by atoms with Crippen LogP contribution in [0.4, 0.5) is 0 Å². The zero-order chi connectivity index (χ0) is 18.6. The van der Waals surface area contributed by atoms with E-state index in [1.54, 1.807) is 16.4 Å². The summed E-state index contributed by atoms with van der Waals surface area (Å²) in [7, 11) is -1.50. The third-order valence-electron chi connectivity index (χ3n) is 4.82. The molecule has 0 amide bonds. The predicted molar refractivity (Wildman–Crippen MR) is 103 cm³/mol. The Morgan fingerprint density at radius 3 is 2.42 bits per heavy atom. The van der Waals surface area contributed by atoms with Gasteiger partial charge in [0.1, 0.15) is 0 Å². The van der Waals surface area contributed by atoms with Crippen molar-refractivity contribution in [3.63, 3.8) is 0 Å². The van der Waals surface area contributed by atoms with Gasteiger partial charge in [-0.15, -0.1) is 0 Å². The lowest BCUT2D eigenvalue weighted by Crippen LogP contribution is -2.38. The molecule has 26 heavy (non-hydrogen) atoms. The molecule has 2 bridgehead atoms. The molecule has 3 rings (SSSR count). The second-order valence-electron chi connectivity index (χ2n) is 7.03. The second-order valence-corrected chi connectivity index (χ2v) is 8.97. The number of aromatic nitrogens is 1. The van der Waals surface area contributed by atoms with Crippen molar-refractivity contribution < 1.29 is 8.42 Å². The van der Waals surface area contributed by atoms with Crippen LogP contribution in [0.5, 0.6) is 0 Å². The summed E-state index contributed by atoms with van der Waals surface area (Å²) in [4.78, 5) is 7.23. The Balaban J connectivity index is 1.93. The Bertz CT molecular complexity index is 834. The number of hydrogen-bond donors (Lipinski definition) is 0. The number of fused-ring (bicyclic) bond motifs is 2. The maximum Gasteiger partial charge on any atom is 0.243 e. The molecule has 0 atom stereocenters. The zero-order valence-electron chi connectivity index (χ0n) is 15.6. The fraction of sp³-hybridized carbons (Fsp3) is 0.450. The SMILES string of the molecule is Cc1ccc(S(=O)(=O)N2CCN(C)CCCCc3cccc(n3)C2)cc1. The molecule has 0 saturated carbocycles. The summed E-state index contributed by atoms with van der Waals surface area (Å²) in [5.74, 6) is 0. The lowest BCUT2D eigenvalue weighted by atomic mass is 10.1. The molecular formula is C20H27N3O2S. The van der Waals surface area contributed by atoms with E-state index in [1.807, 2.05) is 37.3 Å². The quantitative estimate of drug-likeness (QED) is 0.812. The second kappa shape index (κ2) is 8.29. The summed E-state index contributed by atoms with van der Waals surface area (Å²) < 4.78 is 28.0. The average molecular weight is 374 g/mol. The summed E-state index contributed by atoms with van der Waals surface area (Å²) in [5, 5.41) is 0. The van der Waals surface area contributed by atoms with Crippen LogP contribution in [0, 0.1) is 6.92 Å². The topological polar surface area (TPSA) is 53.5 Å². The summed E-state index contributed by atoms with van der Waals surface area (Å²) in [6.07, 6.45) is 3.13. The molecule has 0 N–H and O–H groups in total. The molecule has 0 spiro atoms. The first-order valence-corrected chi connectivity index (χ1v) is 10.6. The van der Waals surface area contributed by atoms with Crippen molar-refractivity contribution in [1.82, 2.24) is 14.2 Å². The Labute approximate surface area is 156 Å². The number of benzene rings is 1. The minimum atomic E-state index is -3.55. The van der Waals surface area contributed by atoms with Crippen LogP contribution in [0.25, 0.3) is 0 Å². The molecule has 0 radical (unpaired) electrons. The first-order chi connectivity index (χ1) is 12.4. The number of sulfonamides is 1. The first kappa shape index (κ1) is 19.0. The molecule has 2 aromatic rings. The largest absolute Gasteiger partial charge is 0.305 e. The van der Waals surface area contributed by atoms with Crippen LogP contribution in [0.1, 0.15) is 29.8 Å². The molecule has 0 saturated heterocycles. The number of aryl methyl sites for hydroxylation is 2. The minimum absolute atomic E-state index is 0.303. The molecule has 0 fully saturated rings. The lowest BCUT2D eigenvalue weighted by molar-refractivity contribution is 0.283. The molecule has 1 aromatic heterocycles. The van der Waals surface area contributed by atoms with Crippen LogP contribution in [0.3, 0.4) is 0 Å². The van der Waals surface area contributed by atoms with Gasteiger partial charge in [0.15, 0.2) is 0 Å². The van der Waals surface area contributed by atoms with E-state index in [9.17, 15) is 8.42 Å². The van der Waals surface area contributed by atoms with Gasteiger partial charge in [-0.2, -0.15) is 4.31 Å². The van der Waals surface area contributed by atoms with Crippen LogP contribution in [0.15, 0.2) is 47.4 Å². The third-order valence-corrected chi connectivity index (χ3v) is 6.67. The van der Waals surface area contributed by atoms with Gasteiger partial charge in [0, 0.05) is 18.8 Å². The summed E-state index contributed by atoms with van der Waals surface area (Å²) in [6.45, 7) is 4.40. The smallest absolute Gasteiger partial charge is 0.243 e. The van der Waals surface area contributed by atoms with Crippen molar-refractivity contribution in [2.45, 2.75) is 37.6 Å². The average Bonchev–Trinajstić information content (AvgIpc) is 2.62. The van der Waals surface area contributed by atoms with Crippen molar-refractivity contribution >= 4 is 10.0 Å². The van der Waals surface area contributed by atoms with Crippen molar-refractivity contribution in [2.24, 2.45) is 0 Å². The molecule has 140 valence electrons. The van der Waals surface area contributed by atoms with E-state index >= 15 is 0 Å². The maximum absolute atomic E-state index is 13.2. The number of likely N-dealkylation sites (N-methyl/N-ethyl adjacent to an activating group) is 1. The summed E-state index contributed by atoms with van der Waals surface area (Å²) in [5.41, 5.74) is 2.89. The van der Waals surface area contributed by atoms with Crippen molar-refractivity contribution in [3.05, 3.63) is 59.4 Å². The molecule has 6 heteroatoms. The zero-order valence-corrected chi connectivity index (χ0v) is 16.4. The molecule has 2 heterocycles. The number of hydrogen-bond acceptors (Lipinski definition) is 4.